The third-order valence-electron chi connectivity index (χ3n) is 4.25. The molecule has 0 aliphatic rings. The molecule has 0 fully saturated rings. The second-order valence-corrected chi connectivity index (χ2v) is 6.45. The average molecular weight is 341 g/mol. The van der Waals surface area contributed by atoms with Crippen LogP contribution in [0.1, 0.15) is 85.5 Å². The van der Waals surface area contributed by atoms with Crippen LogP contribution < -0.4 is 0 Å². The molecule has 0 rings (SSSR count). The van der Waals surface area contributed by atoms with E-state index in [0.29, 0.717) is 12.5 Å². The summed E-state index contributed by atoms with van der Waals surface area (Å²) in [4.78, 5) is 23.2. The van der Waals surface area contributed by atoms with Gasteiger partial charge in [0.1, 0.15) is 0 Å². The summed E-state index contributed by atoms with van der Waals surface area (Å²) in [5.74, 6) is -0.581. The molecule has 1 atom stereocenters. The van der Waals surface area contributed by atoms with Gasteiger partial charge in [-0.15, -0.1) is 0 Å². The van der Waals surface area contributed by atoms with E-state index < -0.39 is 11.9 Å². The molecule has 0 heterocycles. The Kier molecular flexibility index (Phi) is 14.4. The number of carbonyl (C=O) groups is 2. The van der Waals surface area contributed by atoms with Crippen molar-refractivity contribution in [3.8, 4) is 0 Å². The second kappa shape index (κ2) is 15.2. The van der Waals surface area contributed by atoms with Gasteiger partial charge in [0.15, 0.2) is 0 Å². The Balaban J connectivity index is 3.83. The van der Waals surface area contributed by atoms with Crippen LogP contribution in [0.3, 0.4) is 0 Å². The summed E-state index contributed by atoms with van der Waals surface area (Å²) in [5, 5.41) is 0. The van der Waals surface area contributed by atoms with E-state index in [9.17, 15) is 9.59 Å². The van der Waals surface area contributed by atoms with E-state index >= 15 is 0 Å². The molecule has 0 saturated heterocycles. The van der Waals surface area contributed by atoms with Crippen LogP contribution in [0.25, 0.3) is 0 Å². The number of esters is 2. The van der Waals surface area contributed by atoms with Crippen LogP contribution in [0, 0.1) is 5.92 Å². The van der Waals surface area contributed by atoms with Crippen molar-refractivity contribution in [2.45, 2.75) is 91.6 Å². The molecule has 0 amide bonds. The SMILES string of the molecule is CCCCCCCCC(C)OC(=O)/C=C/C(=O)OCC(CC)CC. The van der Waals surface area contributed by atoms with E-state index in [0.717, 1.165) is 37.8 Å². The Morgan fingerprint density at radius 3 is 2.08 bits per heavy atom. The third kappa shape index (κ3) is 13.1. The largest absolute Gasteiger partial charge is 0.462 e. The molecule has 0 bridgehead atoms. The van der Waals surface area contributed by atoms with Crippen molar-refractivity contribution in [3.05, 3.63) is 12.2 Å². The summed E-state index contributed by atoms with van der Waals surface area (Å²) in [6.07, 6.45) is 12.3. The van der Waals surface area contributed by atoms with E-state index in [1.54, 1.807) is 0 Å². The quantitative estimate of drug-likeness (QED) is 0.248. The maximum Gasteiger partial charge on any atom is 0.331 e. The lowest BCUT2D eigenvalue weighted by atomic mass is 10.1. The van der Waals surface area contributed by atoms with E-state index in [2.05, 4.69) is 20.8 Å². The summed E-state index contributed by atoms with van der Waals surface area (Å²) in [6, 6.07) is 0. The zero-order valence-electron chi connectivity index (χ0n) is 16.0. The first-order chi connectivity index (χ1) is 11.5. The van der Waals surface area contributed by atoms with Crippen LogP contribution in [-0.2, 0) is 19.1 Å². The molecule has 0 spiro atoms. The van der Waals surface area contributed by atoms with Gasteiger partial charge in [-0.3, -0.25) is 0 Å². The van der Waals surface area contributed by atoms with Gasteiger partial charge in [-0.25, -0.2) is 9.59 Å². The first-order valence-corrected chi connectivity index (χ1v) is 9.58. The van der Waals surface area contributed by atoms with Crippen LogP contribution in [0.2, 0.25) is 0 Å². The molecule has 4 nitrogen and oxygen atoms in total. The highest BCUT2D eigenvalue weighted by Crippen LogP contribution is 2.10. The minimum absolute atomic E-state index is 0.117. The number of ether oxygens (including phenoxy) is 2. The molecule has 4 heteroatoms. The number of rotatable bonds is 14. The van der Waals surface area contributed by atoms with Gasteiger partial charge in [0.2, 0.25) is 0 Å². The van der Waals surface area contributed by atoms with Crippen molar-refractivity contribution in [2.24, 2.45) is 5.92 Å². The predicted molar refractivity (Wildman–Crippen MR) is 97.7 cm³/mol. The molecule has 0 aromatic rings. The summed E-state index contributed by atoms with van der Waals surface area (Å²) in [5.41, 5.74) is 0. The van der Waals surface area contributed by atoms with Gasteiger partial charge in [-0.05, 0) is 25.7 Å². The number of hydrogen-bond acceptors (Lipinski definition) is 4. The fraction of sp³-hybridized carbons (Fsp3) is 0.800. The topological polar surface area (TPSA) is 52.6 Å². The molecule has 0 radical (unpaired) electrons. The van der Waals surface area contributed by atoms with Gasteiger partial charge in [-0.1, -0.05) is 65.7 Å². The van der Waals surface area contributed by atoms with Crippen molar-refractivity contribution in [1.29, 1.82) is 0 Å². The first kappa shape index (κ1) is 22.7. The van der Waals surface area contributed by atoms with E-state index in [4.69, 9.17) is 9.47 Å². The minimum Gasteiger partial charge on any atom is -0.462 e. The van der Waals surface area contributed by atoms with Crippen molar-refractivity contribution in [2.75, 3.05) is 6.61 Å². The fourth-order valence-electron chi connectivity index (χ4n) is 2.42. The van der Waals surface area contributed by atoms with Gasteiger partial charge in [0.05, 0.1) is 12.7 Å². The summed E-state index contributed by atoms with van der Waals surface area (Å²) in [6.45, 7) is 8.64. The molecule has 0 saturated carbocycles. The molecule has 0 aliphatic carbocycles. The highest BCUT2D eigenvalue weighted by Gasteiger charge is 2.09. The number of unbranched alkanes of at least 4 members (excludes halogenated alkanes) is 5. The van der Waals surface area contributed by atoms with Crippen molar-refractivity contribution in [1.82, 2.24) is 0 Å². The van der Waals surface area contributed by atoms with Gasteiger partial charge in [-0.2, -0.15) is 0 Å². The van der Waals surface area contributed by atoms with Crippen LogP contribution in [0.5, 0.6) is 0 Å². The van der Waals surface area contributed by atoms with Crippen molar-refractivity contribution < 1.29 is 19.1 Å². The van der Waals surface area contributed by atoms with Crippen LogP contribution in [0.15, 0.2) is 12.2 Å². The van der Waals surface area contributed by atoms with E-state index in [1.165, 1.54) is 32.1 Å². The molecule has 0 aromatic carbocycles. The second-order valence-electron chi connectivity index (χ2n) is 6.45. The third-order valence-corrected chi connectivity index (χ3v) is 4.25. The molecular weight excluding hydrogens is 304 g/mol. The molecular formula is C20H36O4. The lowest BCUT2D eigenvalue weighted by molar-refractivity contribution is -0.144. The average Bonchev–Trinajstić information content (AvgIpc) is 2.57. The van der Waals surface area contributed by atoms with Gasteiger partial charge in [0.25, 0.3) is 0 Å². The normalized spacial score (nSPS) is 12.5. The van der Waals surface area contributed by atoms with Crippen LogP contribution in [0.4, 0.5) is 0 Å². The van der Waals surface area contributed by atoms with E-state index in [-0.39, 0.29) is 6.10 Å². The Bertz CT molecular complexity index is 359. The fourth-order valence-corrected chi connectivity index (χ4v) is 2.42. The molecule has 0 aromatic heterocycles. The Labute approximate surface area is 148 Å². The van der Waals surface area contributed by atoms with Gasteiger partial charge >= 0.3 is 11.9 Å². The lowest BCUT2D eigenvalue weighted by Gasteiger charge is -2.12. The van der Waals surface area contributed by atoms with Crippen molar-refractivity contribution >= 4 is 11.9 Å². The maximum atomic E-state index is 11.7. The Morgan fingerprint density at radius 2 is 1.46 bits per heavy atom. The lowest BCUT2D eigenvalue weighted by Crippen LogP contribution is -2.14. The predicted octanol–water partition coefficient (Wildman–Crippen LogP) is 5.20. The summed E-state index contributed by atoms with van der Waals surface area (Å²) < 4.78 is 10.4. The first-order valence-electron chi connectivity index (χ1n) is 9.58. The van der Waals surface area contributed by atoms with Gasteiger partial charge in [0, 0.05) is 12.2 Å². The highest BCUT2D eigenvalue weighted by atomic mass is 16.5. The van der Waals surface area contributed by atoms with E-state index in [1.807, 2.05) is 6.92 Å². The molecule has 0 aliphatic heterocycles. The highest BCUT2D eigenvalue weighted by molar-refractivity contribution is 5.91. The zero-order valence-corrected chi connectivity index (χ0v) is 16.0. The van der Waals surface area contributed by atoms with Crippen LogP contribution in [-0.4, -0.2) is 24.6 Å². The maximum absolute atomic E-state index is 11.7. The van der Waals surface area contributed by atoms with Gasteiger partial charge < -0.3 is 9.47 Å². The Hall–Kier alpha value is -1.32. The number of hydrogen-bond donors (Lipinski definition) is 0. The Morgan fingerprint density at radius 1 is 0.875 bits per heavy atom. The standard InChI is InChI=1S/C20H36O4/c1-5-8-9-10-11-12-13-17(4)24-20(22)15-14-19(21)23-16-18(6-2)7-3/h14-15,17-18H,5-13,16H2,1-4H3/b15-14+. The summed E-state index contributed by atoms with van der Waals surface area (Å²) >= 11 is 0. The number of carbonyl (C=O) groups excluding carboxylic acids is 2. The summed E-state index contributed by atoms with van der Waals surface area (Å²) in [7, 11) is 0. The smallest absolute Gasteiger partial charge is 0.331 e. The monoisotopic (exact) mass is 340 g/mol. The molecule has 0 N–H and O–H groups in total. The molecule has 24 heavy (non-hydrogen) atoms. The van der Waals surface area contributed by atoms with Crippen molar-refractivity contribution in [3.63, 3.8) is 0 Å². The molecule has 140 valence electrons. The minimum atomic E-state index is -0.484. The zero-order chi connectivity index (χ0) is 18.2. The van der Waals surface area contributed by atoms with Crippen LogP contribution >= 0.6 is 0 Å². The molecule has 1 unspecified atom stereocenters.